The van der Waals surface area contributed by atoms with Crippen molar-refractivity contribution in [3.63, 3.8) is 0 Å². The monoisotopic (exact) mass is 553 g/mol. The number of ether oxygens (including phenoxy) is 1. The van der Waals surface area contributed by atoms with Gasteiger partial charge in [0, 0.05) is 22.8 Å². The maximum atomic E-state index is 14.3. The number of hydrogen-bond donors (Lipinski definition) is 2. The van der Waals surface area contributed by atoms with E-state index >= 15 is 0 Å². The summed E-state index contributed by atoms with van der Waals surface area (Å²) in [7, 11) is 0. The van der Waals surface area contributed by atoms with E-state index in [9.17, 15) is 14.4 Å². The van der Waals surface area contributed by atoms with Crippen LogP contribution in [-0.4, -0.2) is 52.5 Å². The van der Waals surface area contributed by atoms with E-state index in [4.69, 9.17) is 16.3 Å². The molecule has 2 bridgehead atoms. The fraction of sp³-hybridized carbons (Fsp3) is 0.645. The molecule has 8 heteroatoms. The van der Waals surface area contributed by atoms with Gasteiger partial charge in [0.1, 0.15) is 11.6 Å². The lowest BCUT2D eigenvalue weighted by atomic mass is 9.73. The van der Waals surface area contributed by atoms with Crippen LogP contribution in [0.25, 0.3) is 0 Å². The van der Waals surface area contributed by atoms with Gasteiger partial charge in [0.05, 0.1) is 17.9 Å². The smallest absolute Gasteiger partial charge is 0.246 e. The summed E-state index contributed by atoms with van der Waals surface area (Å²) in [5.74, 6) is -1.07. The van der Waals surface area contributed by atoms with E-state index < -0.39 is 29.6 Å². The highest BCUT2D eigenvalue weighted by atomic mass is 35.5. The first-order valence-electron chi connectivity index (χ1n) is 14.8. The molecular formula is C31H40ClN3O4. The second-order valence-corrected chi connectivity index (χ2v) is 13.0. The van der Waals surface area contributed by atoms with Crippen molar-refractivity contribution >= 4 is 35.0 Å². The van der Waals surface area contributed by atoms with Crippen LogP contribution in [0.3, 0.4) is 0 Å². The largest absolute Gasteiger partial charge is 0.359 e. The summed E-state index contributed by atoms with van der Waals surface area (Å²) in [5, 5.41) is 6.89. The quantitative estimate of drug-likeness (QED) is 0.502. The highest BCUT2D eigenvalue weighted by Gasteiger charge is 2.73. The minimum absolute atomic E-state index is 0.0136. The number of nitrogens with zero attached hydrogens (tertiary/aromatic N) is 1. The molecule has 39 heavy (non-hydrogen) atoms. The van der Waals surface area contributed by atoms with Crippen LogP contribution < -0.4 is 10.6 Å². The zero-order valence-electron chi connectivity index (χ0n) is 23.1. The first-order valence-corrected chi connectivity index (χ1v) is 15.2. The number of anilines is 1. The predicted octanol–water partition coefficient (Wildman–Crippen LogP) is 5.01. The van der Waals surface area contributed by atoms with Gasteiger partial charge in [0.15, 0.2) is 0 Å². The number of carbonyl (C=O) groups excluding carboxylic acids is 3. The fourth-order valence-corrected chi connectivity index (χ4v) is 8.08. The number of likely N-dealkylation sites (tertiary alicyclic amines) is 1. The van der Waals surface area contributed by atoms with Crippen molar-refractivity contribution in [3.8, 4) is 0 Å². The van der Waals surface area contributed by atoms with Crippen molar-refractivity contribution in [2.45, 2.75) is 102 Å². The molecule has 2 saturated carbocycles. The van der Waals surface area contributed by atoms with E-state index in [2.05, 4.69) is 24.5 Å². The third-order valence-electron chi connectivity index (χ3n) is 10.3. The maximum Gasteiger partial charge on any atom is 0.246 e. The Morgan fingerprint density at radius 2 is 1.82 bits per heavy atom. The number of rotatable bonds is 5. The van der Waals surface area contributed by atoms with Crippen molar-refractivity contribution in [1.29, 1.82) is 0 Å². The molecule has 2 aliphatic carbocycles. The maximum absolute atomic E-state index is 14.3. The van der Waals surface area contributed by atoms with Crippen molar-refractivity contribution in [3.05, 3.63) is 40.9 Å². The number of carbonyl (C=O) groups is 3. The molecule has 1 aromatic carbocycles. The van der Waals surface area contributed by atoms with Gasteiger partial charge >= 0.3 is 0 Å². The van der Waals surface area contributed by atoms with Crippen LogP contribution in [0.15, 0.2) is 30.4 Å². The van der Waals surface area contributed by atoms with E-state index in [0.29, 0.717) is 22.5 Å². The second kappa shape index (κ2) is 10.2. The van der Waals surface area contributed by atoms with Crippen molar-refractivity contribution < 1.29 is 19.1 Å². The zero-order valence-corrected chi connectivity index (χ0v) is 23.9. The average molecular weight is 554 g/mol. The first-order chi connectivity index (χ1) is 18.7. The molecule has 2 N–H and O–H groups in total. The normalized spacial score (nSPS) is 37.7. The minimum atomic E-state index is -1.13. The van der Waals surface area contributed by atoms with Gasteiger partial charge in [0.2, 0.25) is 17.7 Å². The summed E-state index contributed by atoms with van der Waals surface area (Å²) in [6, 6.07) is 4.69. The van der Waals surface area contributed by atoms with E-state index in [1.54, 1.807) is 6.07 Å². The summed E-state index contributed by atoms with van der Waals surface area (Å²) in [6.07, 6.45) is 11.4. The molecule has 8 unspecified atom stereocenters. The van der Waals surface area contributed by atoms with Gasteiger partial charge in [-0.15, -0.1) is 0 Å². The lowest BCUT2D eigenvalue weighted by Crippen LogP contribution is -2.59. The molecule has 3 aliphatic heterocycles. The third-order valence-corrected chi connectivity index (χ3v) is 10.7. The molecule has 2 saturated heterocycles. The van der Waals surface area contributed by atoms with E-state index in [1.165, 1.54) is 6.42 Å². The lowest BCUT2D eigenvalue weighted by Gasteiger charge is -2.40. The summed E-state index contributed by atoms with van der Waals surface area (Å²) in [4.78, 5) is 44.0. The molecule has 8 atom stereocenters. The number of fused-ring (bicyclic) bond motifs is 1. The SMILES string of the molecule is Cc1ccc(NC(=O)C2C3C=CC4(O3)C2C(=O)N(C2CCCCC2)C4C(=O)NC2CCCC(C)C2C)cc1Cl. The Labute approximate surface area is 236 Å². The molecule has 5 aliphatic rings. The van der Waals surface area contributed by atoms with Crippen LogP contribution in [-0.2, 0) is 19.1 Å². The number of amides is 3. The summed E-state index contributed by atoms with van der Waals surface area (Å²) in [5.41, 5.74) is 0.379. The molecule has 7 nitrogen and oxygen atoms in total. The highest BCUT2D eigenvalue weighted by molar-refractivity contribution is 6.31. The van der Waals surface area contributed by atoms with Crippen LogP contribution >= 0.6 is 11.6 Å². The van der Waals surface area contributed by atoms with Gasteiger partial charge in [-0.2, -0.15) is 0 Å². The van der Waals surface area contributed by atoms with Crippen molar-refractivity contribution in [2.24, 2.45) is 23.7 Å². The number of benzene rings is 1. The first kappa shape index (κ1) is 26.8. The molecule has 210 valence electrons. The topological polar surface area (TPSA) is 87.7 Å². The molecule has 3 heterocycles. The molecule has 0 aromatic heterocycles. The fourth-order valence-electron chi connectivity index (χ4n) is 7.90. The summed E-state index contributed by atoms with van der Waals surface area (Å²) >= 11 is 6.30. The Balaban J connectivity index is 1.31. The Kier molecular flexibility index (Phi) is 7.03. The Bertz CT molecular complexity index is 1200. The van der Waals surface area contributed by atoms with Crippen LogP contribution in [0.4, 0.5) is 5.69 Å². The van der Waals surface area contributed by atoms with E-state index in [-0.39, 0.29) is 29.8 Å². The standard InChI is InChI=1S/C31H40ClN3O4/c1-17-8-7-11-23(19(17)3)34-29(37)27-31-15-14-24(39-31)25(28(36)33-20-13-12-18(2)22(32)16-20)26(31)30(38)35(27)21-9-5-4-6-10-21/h12-17,19,21,23-27H,4-11H2,1-3H3,(H,33,36)(H,34,37). The average Bonchev–Trinajstić information content (AvgIpc) is 3.56. The number of hydrogen-bond acceptors (Lipinski definition) is 4. The van der Waals surface area contributed by atoms with Gasteiger partial charge in [-0.05, 0) is 55.7 Å². The molecule has 4 fully saturated rings. The van der Waals surface area contributed by atoms with Crippen LogP contribution in [0.5, 0.6) is 0 Å². The summed E-state index contributed by atoms with van der Waals surface area (Å²) in [6.45, 7) is 6.37. The van der Waals surface area contributed by atoms with Gasteiger partial charge < -0.3 is 20.3 Å². The molecule has 1 aromatic rings. The van der Waals surface area contributed by atoms with Gasteiger partial charge in [-0.3, -0.25) is 14.4 Å². The van der Waals surface area contributed by atoms with Gasteiger partial charge in [0.25, 0.3) is 0 Å². The Morgan fingerprint density at radius 3 is 2.56 bits per heavy atom. The Morgan fingerprint density at radius 1 is 1.05 bits per heavy atom. The second-order valence-electron chi connectivity index (χ2n) is 12.6. The van der Waals surface area contributed by atoms with E-state index in [1.807, 2.05) is 36.1 Å². The van der Waals surface area contributed by atoms with Crippen LogP contribution in [0.2, 0.25) is 5.02 Å². The molecular weight excluding hydrogens is 514 g/mol. The highest BCUT2D eigenvalue weighted by Crippen LogP contribution is 2.56. The molecule has 6 rings (SSSR count). The minimum Gasteiger partial charge on any atom is -0.359 e. The van der Waals surface area contributed by atoms with Crippen LogP contribution in [0, 0.1) is 30.6 Å². The number of nitrogens with one attached hydrogen (secondary N) is 2. The predicted molar refractivity (Wildman–Crippen MR) is 150 cm³/mol. The lowest BCUT2D eigenvalue weighted by molar-refractivity contribution is -0.145. The van der Waals surface area contributed by atoms with Gasteiger partial charge in [-0.25, -0.2) is 0 Å². The molecule has 3 amide bonds. The van der Waals surface area contributed by atoms with E-state index in [0.717, 1.165) is 50.5 Å². The number of halogens is 1. The third kappa shape index (κ3) is 4.40. The molecule has 0 radical (unpaired) electrons. The van der Waals surface area contributed by atoms with Crippen molar-refractivity contribution in [1.82, 2.24) is 10.2 Å². The summed E-state index contributed by atoms with van der Waals surface area (Å²) < 4.78 is 6.54. The Hall–Kier alpha value is -2.38. The van der Waals surface area contributed by atoms with Crippen LogP contribution in [0.1, 0.15) is 70.8 Å². The van der Waals surface area contributed by atoms with Gasteiger partial charge in [-0.1, -0.05) is 75.8 Å². The number of aryl methyl sites for hydroxylation is 1. The van der Waals surface area contributed by atoms with Crippen molar-refractivity contribution in [2.75, 3.05) is 5.32 Å². The molecule has 1 spiro atoms. The zero-order chi connectivity index (χ0) is 27.5.